The van der Waals surface area contributed by atoms with Crippen molar-refractivity contribution >= 4 is 49.8 Å². The highest BCUT2D eigenvalue weighted by molar-refractivity contribution is 9.10. The molecule has 0 radical (unpaired) electrons. The summed E-state index contributed by atoms with van der Waals surface area (Å²) in [7, 11) is -3.89. The zero-order chi connectivity index (χ0) is 37.5. The van der Waals surface area contributed by atoms with Crippen LogP contribution in [0.1, 0.15) is 96.3 Å². The van der Waals surface area contributed by atoms with Crippen LogP contribution in [0.15, 0.2) is 34.1 Å². The molecule has 4 amide bonds. The molecule has 3 N–H and O–H groups in total. The summed E-state index contributed by atoms with van der Waals surface area (Å²) in [6.07, 6.45) is 10.3. The standard InChI is InChI=1S/C37H50BrN5O9S/c1-2-24-20-37(24,35(47)41-53(49,50)26-14-15-26)40-32(44)28-19-25-21-43(28)34(46)31(23-10-5-6-11-23)39-36(48)52-29-13-8-12-22(29)9-4-3-7-18-42-30(51-25)17-16-27(38)33(42)45/h2,16-17,22-26,28-29,31H,1,3-15,18-21H2,(H,39,48)(H,40,44)(H,41,47)/t22-,24-,25-,28+,29-,31+,37-/m1/s1. The SMILES string of the molecule is C=C[C@@H]1C[C@]1(NC(=O)[C@@H]1C[C@@H]2CN1C(=O)[C@H](C1CCCC1)NC(=O)O[C@@H]1CCC[C@H]1CCCCCn1c(ccc(Br)c1=O)O2)C(=O)NS(=O)(=O)C1CC1. The second-order valence-corrected chi connectivity index (χ2v) is 18.6. The molecule has 2 bridgehead atoms. The maximum Gasteiger partial charge on any atom is 0.408 e. The Morgan fingerprint density at radius 1 is 0.943 bits per heavy atom. The van der Waals surface area contributed by atoms with E-state index < -0.39 is 68.7 Å². The fraction of sp³-hybridized carbons (Fsp3) is 0.703. The van der Waals surface area contributed by atoms with E-state index in [0.717, 1.165) is 70.6 Å². The highest BCUT2D eigenvalue weighted by atomic mass is 79.9. The minimum absolute atomic E-state index is 0.0219. The van der Waals surface area contributed by atoms with Gasteiger partial charge in [-0.15, -0.1) is 6.58 Å². The predicted octanol–water partition coefficient (Wildman–Crippen LogP) is 3.66. The molecule has 1 aromatic rings. The second kappa shape index (κ2) is 15.4. The number of carbonyl (C=O) groups is 4. The van der Waals surface area contributed by atoms with Crippen molar-refractivity contribution in [3.05, 3.63) is 39.6 Å². The molecule has 2 aliphatic heterocycles. The van der Waals surface area contributed by atoms with Crippen molar-refractivity contribution in [1.82, 2.24) is 24.8 Å². The number of nitrogens with one attached hydrogen (secondary N) is 3. The first-order chi connectivity index (χ1) is 25.4. The Labute approximate surface area is 318 Å². The fourth-order valence-electron chi connectivity index (χ4n) is 8.90. The number of carbonyl (C=O) groups excluding carboxylic acids is 4. The molecule has 0 spiro atoms. The molecule has 0 aromatic carbocycles. The first-order valence-corrected chi connectivity index (χ1v) is 21.6. The van der Waals surface area contributed by atoms with Gasteiger partial charge in [-0.3, -0.25) is 28.5 Å². The first-order valence-electron chi connectivity index (χ1n) is 19.2. The molecule has 5 fully saturated rings. The summed E-state index contributed by atoms with van der Waals surface area (Å²) in [6, 6.07) is 1.24. The van der Waals surface area contributed by atoms with E-state index in [4.69, 9.17) is 9.47 Å². The zero-order valence-corrected chi connectivity index (χ0v) is 32.3. The van der Waals surface area contributed by atoms with Crippen LogP contribution in [0.5, 0.6) is 5.88 Å². The number of amides is 4. The van der Waals surface area contributed by atoms with Crippen LogP contribution in [0.4, 0.5) is 4.79 Å². The van der Waals surface area contributed by atoms with E-state index in [-0.39, 0.29) is 42.9 Å². The number of aromatic nitrogens is 1. The molecule has 16 heteroatoms. The molecule has 53 heavy (non-hydrogen) atoms. The predicted molar refractivity (Wildman–Crippen MR) is 197 cm³/mol. The van der Waals surface area contributed by atoms with Gasteiger partial charge in [0, 0.05) is 18.9 Å². The minimum atomic E-state index is -3.89. The van der Waals surface area contributed by atoms with Gasteiger partial charge in [0.1, 0.15) is 29.8 Å². The van der Waals surface area contributed by atoms with Crippen molar-refractivity contribution in [2.45, 2.75) is 138 Å². The minimum Gasteiger partial charge on any atom is -0.473 e. The van der Waals surface area contributed by atoms with Gasteiger partial charge in [-0.1, -0.05) is 31.8 Å². The van der Waals surface area contributed by atoms with Crippen LogP contribution in [0.25, 0.3) is 0 Å². The number of halogens is 1. The van der Waals surface area contributed by atoms with Gasteiger partial charge in [0.25, 0.3) is 11.5 Å². The highest BCUT2D eigenvalue weighted by Gasteiger charge is 2.62. The molecule has 1 saturated heterocycles. The lowest BCUT2D eigenvalue weighted by molar-refractivity contribution is -0.142. The number of pyridine rings is 1. The topological polar surface area (TPSA) is 182 Å². The van der Waals surface area contributed by atoms with Crippen molar-refractivity contribution < 1.29 is 37.1 Å². The average Bonchev–Trinajstić information content (AvgIpc) is 3.91. The summed E-state index contributed by atoms with van der Waals surface area (Å²) in [5.74, 6) is -2.08. The average molecular weight is 821 g/mol. The molecule has 0 unspecified atom stereocenters. The third-order valence-corrected chi connectivity index (χ3v) is 14.6. The lowest BCUT2D eigenvalue weighted by atomic mass is 9.96. The van der Waals surface area contributed by atoms with Crippen molar-refractivity contribution in [1.29, 1.82) is 0 Å². The Kier molecular flexibility index (Phi) is 11.0. The van der Waals surface area contributed by atoms with Crippen molar-refractivity contribution in [2.24, 2.45) is 17.8 Å². The molecule has 7 atom stereocenters. The Morgan fingerprint density at radius 3 is 2.38 bits per heavy atom. The second-order valence-electron chi connectivity index (χ2n) is 15.8. The molecular weight excluding hydrogens is 770 g/mol. The quantitative estimate of drug-likeness (QED) is 0.346. The van der Waals surface area contributed by atoms with Gasteiger partial charge < -0.3 is 25.0 Å². The highest BCUT2D eigenvalue weighted by Crippen LogP contribution is 2.45. The zero-order valence-electron chi connectivity index (χ0n) is 29.9. The number of rotatable bonds is 7. The Morgan fingerprint density at radius 2 is 1.66 bits per heavy atom. The van der Waals surface area contributed by atoms with E-state index in [1.165, 1.54) is 11.0 Å². The summed E-state index contributed by atoms with van der Waals surface area (Å²) in [5, 5.41) is 5.09. The number of hydrogen-bond donors (Lipinski definition) is 3. The molecule has 6 aliphatic rings. The smallest absolute Gasteiger partial charge is 0.408 e. The molecule has 4 aliphatic carbocycles. The summed E-state index contributed by atoms with van der Waals surface area (Å²) in [4.78, 5) is 70.8. The van der Waals surface area contributed by atoms with Gasteiger partial charge in [0.15, 0.2) is 5.88 Å². The van der Waals surface area contributed by atoms with Gasteiger partial charge in [-0.25, -0.2) is 13.2 Å². The number of fused-ring (bicyclic) bond motifs is 4. The molecule has 7 rings (SSSR count). The molecule has 290 valence electrons. The number of sulfonamides is 1. The molecule has 14 nitrogen and oxygen atoms in total. The normalized spacial score (nSPS) is 32.6. The lowest BCUT2D eigenvalue weighted by Gasteiger charge is -2.32. The third kappa shape index (κ3) is 8.04. The van der Waals surface area contributed by atoms with Crippen LogP contribution in [-0.2, 0) is 35.7 Å². The number of hydrogen-bond acceptors (Lipinski definition) is 9. The van der Waals surface area contributed by atoms with Crippen LogP contribution >= 0.6 is 15.9 Å². The van der Waals surface area contributed by atoms with Gasteiger partial charge in [0.05, 0.1) is 16.3 Å². The van der Waals surface area contributed by atoms with Crippen molar-refractivity contribution in [2.75, 3.05) is 6.54 Å². The summed E-state index contributed by atoms with van der Waals surface area (Å²) in [5.41, 5.74) is -1.79. The van der Waals surface area contributed by atoms with Gasteiger partial charge in [-0.05, 0) is 104 Å². The van der Waals surface area contributed by atoms with Gasteiger partial charge >= 0.3 is 6.09 Å². The number of ether oxygens (including phenoxy) is 2. The van der Waals surface area contributed by atoms with E-state index in [1.54, 1.807) is 16.7 Å². The van der Waals surface area contributed by atoms with E-state index in [9.17, 15) is 32.4 Å². The summed E-state index contributed by atoms with van der Waals surface area (Å²) < 4.78 is 42.0. The summed E-state index contributed by atoms with van der Waals surface area (Å²) >= 11 is 3.36. The monoisotopic (exact) mass is 819 g/mol. The number of nitrogens with zero attached hydrogens (tertiary/aromatic N) is 2. The van der Waals surface area contributed by atoms with E-state index in [2.05, 4.69) is 37.9 Å². The van der Waals surface area contributed by atoms with Crippen LogP contribution in [0.2, 0.25) is 0 Å². The van der Waals surface area contributed by atoms with Gasteiger partial charge in [0.2, 0.25) is 21.8 Å². The van der Waals surface area contributed by atoms with Gasteiger partial charge in [-0.2, -0.15) is 0 Å². The van der Waals surface area contributed by atoms with Crippen LogP contribution < -0.4 is 25.7 Å². The summed E-state index contributed by atoms with van der Waals surface area (Å²) in [6.45, 7) is 4.17. The number of alkyl carbamates (subject to hydrolysis) is 1. The molecular formula is C37H50BrN5O9S. The van der Waals surface area contributed by atoms with E-state index >= 15 is 0 Å². The third-order valence-electron chi connectivity index (χ3n) is 12.2. The van der Waals surface area contributed by atoms with Crippen molar-refractivity contribution in [3.63, 3.8) is 0 Å². The molecule has 1 aromatic heterocycles. The first kappa shape index (κ1) is 37.9. The maximum absolute atomic E-state index is 14.7. The fourth-order valence-corrected chi connectivity index (χ4v) is 10.6. The van der Waals surface area contributed by atoms with Crippen LogP contribution in [-0.4, -0.2) is 83.3 Å². The molecule has 4 saturated carbocycles. The largest absolute Gasteiger partial charge is 0.473 e. The Hall–Kier alpha value is -3.40. The maximum atomic E-state index is 14.7. The van der Waals surface area contributed by atoms with Crippen LogP contribution in [0, 0.1) is 17.8 Å². The lowest BCUT2D eigenvalue weighted by Crippen LogP contribution is -2.59. The van der Waals surface area contributed by atoms with E-state index in [0.29, 0.717) is 29.7 Å². The van der Waals surface area contributed by atoms with Crippen LogP contribution in [0.3, 0.4) is 0 Å². The van der Waals surface area contributed by atoms with E-state index in [1.807, 2.05) is 0 Å². The molecule has 3 heterocycles. The Balaban J connectivity index is 1.20. The van der Waals surface area contributed by atoms with Crippen molar-refractivity contribution in [3.8, 4) is 5.88 Å². The Bertz CT molecular complexity index is 1790.